The predicted octanol–water partition coefficient (Wildman–Crippen LogP) is 1.35. The smallest absolute Gasteiger partial charge is 0.303 e. The number of morpholine rings is 1. The van der Waals surface area contributed by atoms with Crippen molar-refractivity contribution in [3.8, 4) is 0 Å². The lowest BCUT2D eigenvalue weighted by atomic mass is 9.99. The number of carboxylic acid groups (broad SMARTS) is 1. The maximum absolute atomic E-state index is 10.8. The Morgan fingerprint density at radius 1 is 1.44 bits per heavy atom. The largest absolute Gasteiger partial charge is 0.481 e. The first-order valence-corrected chi connectivity index (χ1v) is 5.99. The number of nitrogens with zero attached hydrogens (tertiary/aromatic N) is 1. The van der Waals surface area contributed by atoms with E-state index in [-0.39, 0.29) is 11.0 Å². The van der Waals surface area contributed by atoms with Crippen molar-refractivity contribution in [2.75, 3.05) is 26.2 Å². The van der Waals surface area contributed by atoms with Crippen LogP contribution in [0, 0.1) is 5.41 Å². The third-order valence-corrected chi connectivity index (χ3v) is 3.55. The highest BCUT2D eigenvalue weighted by molar-refractivity contribution is 5.68. The highest BCUT2D eigenvalue weighted by atomic mass is 16.5. The SMILES string of the molecule is CC1(C)CN(CC2(CC(=O)O)CC2)CCO1. The zero-order valence-corrected chi connectivity index (χ0v) is 10.2. The number of ether oxygens (including phenoxy) is 1. The molecule has 4 nitrogen and oxygen atoms in total. The number of hydrogen-bond acceptors (Lipinski definition) is 3. The minimum Gasteiger partial charge on any atom is -0.481 e. The lowest BCUT2D eigenvalue weighted by molar-refractivity contribution is -0.139. The van der Waals surface area contributed by atoms with Crippen molar-refractivity contribution in [1.29, 1.82) is 0 Å². The minimum absolute atomic E-state index is 0.0687. The molecule has 1 saturated carbocycles. The van der Waals surface area contributed by atoms with Crippen LogP contribution in [0.25, 0.3) is 0 Å². The fourth-order valence-electron chi connectivity index (χ4n) is 2.61. The molecule has 2 aliphatic rings. The summed E-state index contributed by atoms with van der Waals surface area (Å²) < 4.78 is 5.65. The fraction of sp³-hybridized carbons (Fsp3) is 0.917. The molecule has 0 spiro atoms. The Balaban J connectivity index is 1.87. The number of carbonyl (C=O) groups is 1. The van der Waals surface area contributed by atoms with E-state index in [2.05, 4.69) is 18.7 Å². The standard InChI is InChI=1S/C12H21NO3/c1-11(2)8-13(5-6-16-11)9-12(3-4-12)7-10(14)15/h3-9H2,1-2H3,(H,14,15). The summed E-state index contributed by atoms with van der Waals surface area (Å²) in [6.07, 6.45) is 2.46. The molecule has 2 rings (SSSR count). The zero-order valence-electron chi connectivity index (χ0n) is 10.2. The van der Waals surface area contributed by atoms with Gasteiger partial charge in [-0.2, -0.15) is 0 Å². The first-order chi connectivity index (χ1) is 7.41. The van der Waals surface area contributed by atoms with E-state index < -0.39 is 5.97 Å². The van der Waals surface area contributed by atoms with Crippen LogP contribution in [0.2, 0.25) is 0 Å². The molecule has 1 N–H and O–H groups in total. The Labute approximate surface area is 96.6 Å². The lowest BCUT2D eigenvalue weighted by Gasteiger charge is -2.39. The van der Waals surface area contributed by atoms with Gasteiger partial charge in [0.1, 0.15) is 0 Å². The maximum Gasteiger partial charge on any atom is 0.303 e. The molecule has 1 aliphatic carbocycles. The molecule has 2 fully saturated rings. The monoisotopic (exact) mass is 227 g/mol. The van der Waals surface area contributed by atoms with E-state index in [1.807, 2.05) is 0 Å². The molecule has 16 heavy (non-hydrogen) atoms. The van der Waals surface area contributed by atoms with Crippen LogP contribution in [0.1, 0.15) is 33.1 Å². The number of aliphatic carboxylic acids is 1. The molecule has 0 aromatic heterocycles. The quantitative estimate of drug-likeness (QED) is 0.787. The molecular weight excluding hydrogens is 206 g/mol. The van der Waals surface area contributed by atoms with E-state index in [0.29, 0.717) is 6.42 Å². The number of hydrogen-bond donors (Lipinski definition) is 1. The van der Waals surface area contributed by atoms with Crippen LogP contribution >= 0.6 is 0 Å². The van der Waals surface area contributed by atoms with Gasteiger partial charge in [0.15, 0.2) is 0 Å². The Bertz CT molecular complexity index is 284. The summed E-state index contributed by atoms with van der Waals surface area (Å²) in [5.74, 6) is -0.662. The van der Waals surface area contributed by atoms with Crippen molar-refractivity contribution in [3.63, 3.8) is 0 Å². The highest BCUT2D eigenvalue weighted by Crippen LogP contribution is 2.49. The predicted molar refractivity (Wildman–Crippen MR) is 60.4 cm³/mol. The maximum atomic E-state index is 10.8. The van der Waals surface area contributed by atoms with E-state index in [1.165, 1.54) is 0 Å². The van der Waals surface area contributed by atoms with Crippen molar-refractivity contribution in [1.82, 2.24) is 4.90 Å². The average Bonchev–Trinajstić information content (AvgIpc) is 2.81. The van der Waals surface area contributed by atoms with Crippen molar-refractivity contribution in [2.45, 2.75) is 38.7 Å². The molecule has 1 saturated heterocycles. The number of rotatable bonds is 4. The van der Waals surface area contributed by atoms with Crippen molar-refractivity contribution in [3.05, 3.63) is 0 Å². The molecule has 0 atom stereocenters. The van der Waals surface area contributed by atoms with Crippen LogP contribution in [0.5, 0.6) is 0 Å². The second-order valence-electron chi connectivity index (χ2n) is 5.89. The van der Waals surface area contributed by atoms with Crippen LogP contribution in [0.4, 0.5) is 0 Å². The Hall–Kier alpha value is -0.610. The molecule has 0 radical (unpaired) electrons. The molecule has 1 heterocycles. The van der Waals surface area contributed by atoms with Gasteiger partial charge in [0.05, 0.1) is 18.6 Å². The number of carboxylic acids is 1. The fourth-order valence-corrected chi connectivity index (χ4v) is 2.61. The van der Waals surface area contributed by atoms with Gasteiger partial charge in [-0.3, -0.25) is 9.69 Å². The highest BCUT2D eigenvalue weighted by Gasteiger charge is 2.46. The molecule has 0 bridgehead atoms. The van der Waals surface area contributed by atoms with E-state index in [9.17, 15) is 4.79 Å². The van der Waals surface area contributed by atoms with E-state index in [4.69, 9.17) is 9.84 Å². The average molecular weight is 227 g/mol. The van der Waals surface area contributed by atoms with Gasteiger partial charge in [0.25, 0.3) is 0 Å². The third-order valence-electron chi connectivity index (χ3n) is 3.55. The van der Waals surface area contributed by atoms with Crippen LogP contribution in [-0.4, -0.2) is 47.8 Å². The summed E-state index contributed by atoms with van der Waals surface area (Å²) in [5, 5.41) is 8.88. The second-order valence-corrected chi connectivity index (χ2v) is 5.89. The molecule has 0 amide bonds. The molecule has 0 aromatic carbocycles. The van der Waals surface area contributed by atoms with Crippen LogP contribution < -0.4 is 0 Å². The lowest BCUT2D eigenvalue weighted by Crippen LogP contribution is -2.50. The van der Waals surface area contributed by atoms with Crippen LogP contribution in [0.15, 0.2) is 0 Å². The van der Waals surface area contributed by atoms with Gasteiger partial charge in [0, 0.05) is 19.6 Å². The van der Waals surface area contributed by atoms with Crippen molar-refractivity contribution in [2.24, 2.45) is 5.41 Å². The van der Waals surface area contributed by atoms with Crippen LogP contribution in [-0.2, 0) is 9.53 Å². The topological polar surface area (TPSA) is 49.8 Å². The van der Waals surface area contributed by atoms with Crippen molar-refractivity contribution < 1.29 is 14.6 Å². The minimum atomic E-state index is -0.662. The summed E-state index contributed by atoms with van der Waals surface area (Å²) in [6, 6.07) is 0. The Kier molecular flexibility index (Phi) is 2.97. The van der Waals surface area contributed by atoms with Crippen molar-refractivity contribution >= 4 is 5.97 Å². The van der Waals surface area contributed by atoms with Gasteiger partial charge in [-0.25, -0.2) is 0 Å². The first kappa shape index (κ1) is 11.9. The molecule has 0 unspecified atom stereocenters. The summed E-state index contributed by atoms with van der Waals surface area (Å²) >= 11 is 0. The zero-order chi connectivity index (χ0) is 11.8. The Morgan fingerprint density at radius 3 is 2.62 bits per heavy atom. The molecular formula is C12H21NO3. The normalized spacial score (nSPS) is 27.6. The summed E-state index contributed by atoms with van der Waals surface area (Å²) in [6.45, 7) is 7.72. The van der Waals surface area contributed by atoms with Gasteiger partial charge < -0.3 is 9.84 Å². The van der Waals surface area contributed by atoms with Gasteiger partial charge in [-0.1, -0.05) is 0 Å². The summed E-state index contributed by atoms with van der Waals surface area (Å²) in [5.41, 5.74) is -0.0171. The van der Waals surface area contributed by atoms with Gasteiger partial charge >= 0.3 is 5.97 Å². The van der Waals surface area contributed by atoms with Gasteiger partial charge in [-0.05, 0) is 32.1 Å². The Morgan fingerprint density at radius 2 is 2.12 bits per heavy atom. The van der Waals surface area contributed by atoms with E-state index in [1.54, 1.807) is 0 Å². The van der Waals surface area contributed by atoms with Gasteiger partial charge in [-0.15, -0.1) is 0 Å². The summed E-state index contributed by atoms with van der Waals surface area (Å²) in [4.78, 5) is 13.1. The van der Waals surface area contributed by atoms with Crippen LogP contribution in [0.3, 0.4) is 0 Å². The molecule has 0 aromatic rings. The first-order valence-electron chi connectivity index (χ1n) is 5.99. The molecule has 1 aliphatic heterocycles. The second kappa shape index (κ2) is 4.00. The van der Waals surface area contributed by atoms with Gasteiger partial charge in [0.2, 0.25) is 0 Å². The molecule has 92 valence electrons. The third kappa shape index (κ3) is 2.95. The molecule has 4 heteroatoms. The summed E-state index contributed by atoms with van der Waals surface area (Å²) in [7, 11) is 0. The van der Waals surface area contributed by atoms with E-state index >= 15 is 0 Å². The van der Waals surface area contributed by atoms with E-state index in [0.717, 1.165) is 39.1 Å².